The fourth-order valence-corrected chi connectivity index (χ4v) is 2.47. The van der Waals surface area contributed by atoms with Gasteiger partial charge in [-0.15, -0.1) is 0 Å². The summed E-state index contributed by atoms with van der Waals surface area (Å²) in [4.78, 5) is 25.2. The SMILES string of the molecule is CCOC(=O)c1[nH]nc(-c2ccccc2)c(=O)c1-c1ccccc1. The van der Waals surface area contributed by atoms with Crippen LogP contribution < -0.4 is 5.43 Å². The first-order chi connectivity index (χ1) is 11.7. The van der Waals surface area contributed by atoms with Crippen molar-refractivity contribution in [3.8, 4) is 22.4 Å². The number of H-pyrrole nitrogens is 1. The molecular formula is C19H16N2O3. The lowest BCUT2D eigenvalue weighted by Crippen LogP contribution is -2.20. The van der Waals surface area contributed by atoms with Crippen molar-refractivity contribution in [2.24, 2.45) is 0 Å². The van der Waals surface area contributed by atoms with Gasteiger partial charge in [0.05, 0.1) is 12.2 Å². The summed E-state index contributed by atoms with van der Waals surface area (Å²) in [5, 5.41) is 6.80. The van der Waals surface area contributed by atoms with Crippen LogP contribution in [0.1, 0.15) is 17.4 Å². The van der Waals surface area contributed by atoms with Gasteiger partial charge in [0.15, 0.2) is 5.69 Å². The van der Waals surface area contributed by atoms with E-state index in [0.29, 0.717) is 11.1 Å². The van der Waals surface area contributed by atoms with Gasteiger partial charge in [-0.3, -0.25) is 9.89 Å². The van der Waals surface area contributed by atoms with E-state index in [1.807, 2.05) is 36.4 Å². The van der Waals surface area contributed by atoms with Crippen LogP contribution in [0.25, 0.3) is 22.4 Å². The number of aromatic nitrogens is 2. The second kappa shape index (κ2) is 6.91. The summed E-state index contributed by atoms with van der Waals surface area (Å²) in [5.74, 6) is -0.597. The third-order valence-corrected chi connectivity index (χ3v) is 3.56. The van der Waals surface area contributed by atoms with E-state index in [-0.39, 0.29) is 29.0 Å². The first kappa shape index (κ1) is 15.7. The molecule has 120 valence electrons. The molecule has 3 rings (SSSR count). The summed E-state index contributed by atoms with van der Waals surface area (Å²) in [6, 6.07) is 18.2. The van der Waals surface area contributed by atoms with Crippen molar-refractivity contribution in [2.75, 3.05) is 6.61 Å². The van der Waals surface area contributed by atoms with E-state index in [9.17, 15) is 9.59 Å². The highest BCUT2D eigenvalue weighted by Gasteiger charge is 2.21. The molecule has 2 aromatic carbocycles. The predicted molar refractivity (Wildman–Crippen MR) is 91.7 cm³/mol. The van der Waals surface area contributed by atoms with Crippen molar-refractivity contribution in [3.05, 3.63) is 76.6 Å². The maximum absolute atomic E-state index is 13.0. The van der Waals surface area contributed by atoms with Gasteiger partial charge in [-0.1, -0.05) is 60.7 Å². The van der Waals surface area contributed by atoms with Gasteiger partial charge in [0.2, 0.25) is 5.43 Å². The largest absolute Gasteiger partial charge is 0.461 e. The lowest BCUT2D eigenvalue weighted by atomic mass is 10.0. The summed E-state index contributed by atoms with van der Waals surface area (Å²) in [5.41, 5.74) is 1.61. The predicted octanol–water partition coefficient (Wildman–Crippen LogP) is 3.28. The third kappa shape index (κ3) is 2.96. The Labute approximate surface area is 138 Å². The maximum atomic E-state index is 13.0. The first-order valence-corrected chi connectivity index (χ1v) is 7.63. The van der Waals surface area contributed by atoms with Crippen LogP contribution in [-0.4, -0.2) is 22.8 Å². The fourth-order valence-electron chi connectivity index (χ4n) is 2.47. The molecule has 0 amide bonds. The molecule has 0 radical (unpaired) electrons. The Balaban J connectivity index is 2.25. The van der Waals surface area contributed by atoms with E-state index in [4.69, 9.17) is 4.74 Å². The molecule has 1 heterocycles. The molecule has 0 aliphatic heterocycles. The monoisotopic (exact) mass is 320 g/mol. The average Bonchev–Trinajstić information content (AvgIpc) is 2.63. The van der Waals surface area contributed by atoms with E-state index in [2.05, 4.69) is 10.2 Å². The summed E-state index contributed by atoms with van der Waals surface area (Å²) in [7, 11) is 0. The maximum Gasteiger partial charge on any atom is 0.357 e. The zero-order chi connectivity index (χ0) is 16.9. The molecule has 0 unspecified atom stereocenters. The van der Waals surface area contributed by atoms with Crippen LogP contribution in [-0.2, 0) is 4.74 Å². The van der Waals surface area contributed by atoms with Gasteiger partial charge < -0.3 is 4.74 Å². The van der Waals surface area contributed by atoms with Crippen molar-refractivity contribution in [3.63, 3.8) is 0 Å². The number of rotatable bonds is 4. The molecule has 1 aromatic heterocycles. The summed E-state index contributed by atoms with van der Waals surface area (Å²) < 4.78 is 5.04. The molecule has 0 aliphatic carbocycles. The molecule has 0 fully saturated rings. The van der Waals surface area contributed by atoms with Crippen LogP contribution in [0.4, 0.5) is 0 Å². The van der Waals surface area contributed by atoms with E-state index in [1.54, 1.807) is 31.2 Å². The number of nitrogens with zero attached hydrogens (tertiary/aromatic N) is 1. The second-order valence-electron chi connectivity index (χ2n) is 5.10. The Hall–Kier alpha value is -3.21. The highest BCUT2D eigenvalue weighted by atomic mass is 16.5. The molecule has 5 heteroatoms. The molecule has 0 spiro atoms. The van der Waals surface area contributed by atoms with Crippen LogP contribution in [0, 0.1) is 0 Å². The van der Waals surface area contributed by atoms with Crippen LogP contribution in [0.2, 0.25) is 0 Å². The van der Waals surface area contributed by atoms with Gasteiger partial charge in [-0.25, -0.2) is 4.79 Å². The van der Waals surface area contributed by atoms with Gasteiger partial charge >= 0.3 is 5.97 Å². The van der Waals surface area contributed by atoms with Crippen molar-refractivity contribution >= 4 is 5.97 Å². The average molecular weight is 320 g/mol. The highest BCUT2D eigenvalue weighted by Crippen LogP contribution is 2.22. The van der Waals surface area contributed by atoms with Gasteiger partial charge in [0, 0.05) is 5.56 Å². The second-order valence-corrected chi connectivity index (χ2v) is 5.10. The minimum absolute atomic E-state index is 0.0627. The minimum Gasteiger partial charge on any atom is -0.461 e. The topological polar surface area (TPSA) is 72.1 Å². The first-order valence-electron chi connectivity index (χ1n) is 7.63. The van der Waals surface area contributed by atoms with Crippen molar-refractivity contribution in [2.45, 2.75) is 6.92 Å². The van der Waals surface area contributed by atoms with Crippen LogP contribution in [0.3, 0.4) is 0 Å². The number of hydrogen-bond acceptors (Lipinski definition) is 4. The van der Waals surface area contributed by atoms with Crippen molar-refractivity contribution in [1.29, 1.82) is 0 Å². The number of benzene rings is 2. The van der Waals surface area contributed by atoms with Gasteiger partial charge in [-0.2, -0.15) is 5.10 Å². The number of nitrogens with one attached hydrogen (secondary N) is 1. The number of esters is 1. The van der Waals surface area contributed by atoms with Crippen LogP contribution >= 0.6 is 0 Å². The Morgan fingerprint density at radius 3 is 2.17 bits per heavy atom. The summed E-state index contributed by atoms with van der Waals surface area (Å²) in [6.45, 7) is 1.93. The minimum atomic E-state index is -0.597. The standard InChI is InChI=1S/C19H16N2O3/c1-2-24-19(23)17-15(13-9-5-3-6-10-13)18(22)16(20-21-17)14-11-7-4-8-12-14/h3-12H,2H2,1H3,(H,21,22). The van der Waals surface area contributed by atoms with E-state index >= 15 is 0 Å². The van der Waals surface area contributed by atoms with Crippen LogP contribution in [0.5, 0.6) is 0 Å². The van der Waals surface area contributed by atoms with Crippen molar-refractivity contribution < 1.29 is 9.53 Å². The lowest BCUT2D eigenvalue weighted by Gasteiger charge is -2.10. The lowest BCUT2D eigenvalue weighted by molar-refractivity contribution is 0.0519. The zero-order valence-electron chi connectivity index (χ0n) is 13.2. The number of aromatic amines is 1. The Morgan fingerprint density at radius 1 is 1.00 bits per heavy atom. The number of carbonyl (C=O) groups is 1. The fraction of sp³-hybridized carbons (Fsp3) is 0.105. The molecular weight excluding hydrogens is 304 g/mol. The molecule has 0 saturated heterocycles. The quantitative estimate of drug-likeness (QED) is 0.749. The number of hydrogen-bond donors (Lipinski definition) is 1. The molecule has 24 heavy (non-hydrogen) atoms. The van der Waals surface area contributed by atoms with E-state index in [1.165, 1.54) is 0 Å². The Bertz CT molecular complexity index is 903. The molecule has 0 aliphatic rings. The Morgan fingerprint density at radius 2 is 1.58 bits per heavy atom. The number of carbonyl (C=O) groups excluding carboxylic acids is 1. The number of ether oxygens (including phenoxy) is 1. The smallest absolute Gasteiger partial charge is 0.357 e. The van der Waals surface area contributed by atoms with E-state index < -0.39 is 5.97 Å². The molecule has 0 bridgehead atoms. The summed E-state index contributed by atoms with van der Waals surface area (Å²) in [6.07, 6.45) is 0. The molecule has 5 nitrogen and oxygen atoms in total. The van der Waals surface area contributed by atoms with Gasteiger partial charge in [0.25, 0.3) is 0 Å². The van der Waals surface area contributed by atoms with Crippen LogP contribution in [0.15, 0.2) is 65.5 Å². The zero-order valence-corrected chi connectivity index (χ0v) is 13.2. The molecule has 0 saturated carbocycles. The highest BCUT2D eigenvalue weighted by molar-refractivity contribution is 5.95. The summed E-state index contributed by atoms with van der Waals surface area (Å²) >= 11 is 0. The molecule has 1 N–H and O–H groups in total. The van der Waals surface area contributed by atoms with Gasteiger partial charge in [0.1, 0.15) is 5.69 Å². The molecule has 0 atom stereocenters. The van der Waals surface area contributed by atoms with E-state index in [0.717, 1.165) is 0 Å². The Kier molecular flexibility index (Phi) is 4.52. The molecule has 3 aromatic rings. The van der Waals surface area contributed by atoms with Gasteiger partial charge in [-0.05, 0) is 12.5 Å². The normalized spacial score (nSPS) is 10.4. The van der Waals surface area contributed by atoms with Crippen molar-refractivity contribution in [1.82, 2.24) is 10.2 Å². The third-order valence-electron chi connectivity index (χ3n) is 3.56.